The molecular formula is C22H26N4O3S2. The summed E-state index contributed by atoms with van der Waals surface area (Å²) in [4.78, 5) is 3.82. The second kappa shape index (κ2) is 9.22. The maximum Gasteiger partial charge on any atom is 0.246 e. The molecule has 31 heavy (non-hydrogen) atoms. The quantitative estimate of drug-likeness (QED) is 0.652. The molecule has 0 bridgehead atoms. The second-order valence-corrected chi connectivity index (χ2v) is 10.0. The molecule has 1 aliphatic rings. The lowest BCUT2D eigenvalue weighted by Gasteiger charge is -2.37. The Morgan fingerprint density at radius 1 is 1.06 bits per heavy atom. The summed E-state index contributed by atoms with van der Waals surface area (Å²) in [7, 11) is -0.120. The zero-order valence-corrected chi connectivity index (χ0v) is 19.8. The lowest BCUT2D eigenvalue weighted by Crippen LogP contribution is -2.52. The van der Waals surface area contributed by atoms with Gasteiger partial charge in [0.1, 0.15) is 16.4 Å². The first-order valence-electron chi connectivity index (χ1n) is 9.88. The minimum atomic E-state index is -3.86. The molecule has 0 aromatic heterocycles. The summed E-state index contributed by atoms with van der Waals surface area (Å²) in [6, 6.07) is 12.2. The van der Waals surface area contributed by atoms with Crippen LogP contribution in [-0.2, 0) is 10.0 Å². The Morgan fingerprint density at radius 2 is 1.68 bits per heavy atom. The lowest BCUT2D eigenvalue weighted by atomic mass is 10.1. The smallest absolute Gasteiger partial charge is 0.246 e. The van der Waals surface area contributed by atoms with Crippen molar-refractivity contribution in [3.63, 3.8) is 0 Å². The van der Waals surface area contributed by atoms with Crippen molar-refractivity contribution in [2.24, 2.45) is 0 Å². The van der Waals surface area contributed by atoms with Gasteiger partial charge in [-0.15, -0.1) is 0 Å². The van der Waals surface area contributed by atoms with Gasteiger partial charge in [-0.25, -0.2) is 8.42 Å². The van der Waals surface area contributed by atoms with Gasteiger partial charge >= 0.3 is 0 Å². The summed E-state index contributed by atoms with van der Waals surface area (Å²) in [6.07, 6.45) is 0. The van der Waals surface area contributed by atoms with Crippen LogP contribution in [-0.4, -0.2) is 67.9 Å². The average molecular weight is 459 g/mol. The van der Waals surface area contributed by atoms with Crippen molar-refractivity contribution in [2.45, 2.75) is 18.7 Å². The van der Waals surface area contributed by atoms with Crippen molar-refractivity contribution >= 4 is 27.4 Å². The molecule has 0 unspecified atom stereocenters. The summed E-state index contributed by atoms with van der Waals surface area (Å²) < 4.78 is 34.4. The summed E-state index contributed by atoms with van der Waals surface area (Å²) in [5, 5.41) is 10.00. The van der Waals surface area contributed by atoms with E-state index in [0.717, 1.165) is 11.1 Å². The third-order valence-electron chi connectivity index (χ3n) is 5.01. The zero-order valence-electron chi connectivity index (χ0n) is 18.1. The van der Waals surface area contributed by atoms with E-state index in [1.165, 1.54) is 10.4 Å². The van der Waals surface area contributed by atoms with Gasteiger partial charge in [-0.3, -0.25) is 0 Å². The number of piperazine rings is 1. The number of hydrogen-bond acceptors (Lipinski definition) is 5. The van der Waals surface area contributed by atoms with Crippen LogP contribution in [0.4, 0.5) is 0 Å². The fourth-order valence-corrected chi connectivity index (χ4v) is 5.27. The largest absolute Gasteiger partial charge is 0.456 e. The third-order valence-corrected chi connectivity index (χ3v) is 7.55. The fourth-order valence-electron chi connectivity index (χ4n) is 3.52. The Balaban J connectivity index is 1.91. The molecule has 1 aliphatic heterocycles. The predicted molar refractivity (Wildman–Crippen MR) is 124 cm³/mol. The van der Waals surface area contributed by atoms with E-state index >= 15 is 0 Å². The zero-order chi connectivity index (χ0) is 22.8. The van der Waals surface area contributed by atoms with Crippen molar-refractivity contribution in [2.75, 3.05) is 40.3 Å². The third kappa shape index (κ3) is 5.15. The van der Waals surface area contributed by atoms with Crippen molar-refractivity contribution in [3.05, 3.63) is 53.1 Å². The molecular weight excluding hydrogens is 432 g/mol. The molecule has 0 atom stereocenters. The molecule has 1 saturated heterocycles. The minimum Gasteiger partial charge on any atom is -0.456 e. The number of ether oxygens (including phenoxy) is 1. The number of sulfonamides is 1. The number of rotatable bonds is 4. The molecule has 3 rings (SSSR count). The van der Waals surface area contributed by atoms with Crippen LogP contribution in [0.3, 0.4) is 0 Å². The number of thiocarbonyl (C=S) groups is 1. The standard InChI is InChI=1S/C22H26N4O3S2/c1-16-11-17(2)13-19(12-16)29-20-6-5-18(15-23)14-21(20)31(27,28)26-9-7-25(8-10-26)22(30)24(3)4/h5-6,11-14H,7-10H2,1-4H3. The normalized spacial score (nSPS) is 14.7. The van der Waals surface area contributed by atoms with Crippen LogP contribution < -0.4 is 4.74 Å². The van der Waals surface area contributed by atoms with Gasteiger partial charge in [-0.05, 0) is 67.5 Å². The molecule has 1 heterocycles. The van der Waals surface area contributed by atoms with Crippen molar-refractivity contribution < 1.29 is 13.2 Å². The minimum absolute atomic E-state index is 0.00524. The molecule has 0 amide bonds. The molecule has 0 spiro atoms. The van der Waals surface area contributed by atoms with E-state index in [-0.39, 0.29) is 16.2 Å². The molecule has 0 radical (unpaired) electrons. The highest BCUT2D eigenvalue weighted by atomic mass is 32.2. The molecule has 0 aliphatic carbocycles. The van der Waals surface area contributed by atoms with Gasteiger partial charge in [-0.2, -0.15) is 9.57 Å². The summed E-state index contributed by atoms with van der Waals surface area (Å²) in [6.45, 7) is 5.51. The van der Waals surface area contributed by atoms with Crippen LogP contribution >= 0.6 is 12.2 Å². The lowest BCUT2D eigenvalue weighted by molar-refractivity contribution is 0.253. The molecule has 2 aromatic carbocycles. The Kier molecular flexibility index (Phi) is 6.84. The van der Waals surface area contributed by atoms with Gasteiger partial charge in [0, 0.05) is 40.3 Å². The maximum atomic E-state index is 13.5. The van der Waals surface area contributed by atoms with E-state index in [9.17, 15) is 13.7 Å². The van der Waals surface area contributed by atoms with E-state index in [4.69, 9.17) is 17.0 Å². The molecule has 0 N–H and O–H groups in total. The molecule has 2 aromatic rings. The molecule has 7 nitrogen and oxygen atoms in total. The Bertz CT molecular complexity index is 1110. The van der Waals surface area contributed by atoms with Crippen LogP contribution in [0.25, 0.3) is 0 Å². The van der Waals surface area contributed by atoms with E-state index in [2.05, 4.69) is 0 Å². The van der Waals surface area contributed by atoms with Gasteiger partial charge < -0.3 is 14.5 Å². The Hall–Kier alpha value is -2.67. The first kappa shape index (κ1) is 23.0. The highest BCUT2D eigenvalue weighted by molar-refractivity contribution is 7.89. The van der Waals surface area contributed by atoms with Crippen LogP contribution in [0.1, 0.15) is 16.7 Å². The van der Waals surface area contributed by atoms with Crippen LogP contribution in [0.2, 0.25) is 0 Å². The van der Waals surface area contributed by atoms with Crippen molar-refractivity contribution in [1.82, 2.24) is 14.1 Å². The van der Waals surface area contributed by atoms with E-state index in [0.29, 0.717) is 37.0 Å². The van der Waals surface area contributed by atoms with Crippen LogP contribution in [0.15, 0.2) is 41.3 Å². The van der Waals surface area contributed by atoms with E-state index < -0.39 is 10.0 Å². The van der Waals surface area contributed by atoms with Crippen LogP contribution in [0, 0.1) is 25.2 Å². The Morgan fingerprint density at radius 3 is 2.23 bits per heavy atom. The highest BCUT2D eigenvalue weighted by Crippen LogP contribution is 2.33. The topological polar surface area (TPSA) is 76.9 Å². The predicted octanol–water partition coefficient (Wildman–Crippen LogP) is 3.12. The van der Waals surface area contributed by atoms with Gasteiger partial charge in [0.15, 0.2) is 5.11 Å². The van der Waals surface area contributed by atoms with Crippen molar-refractivity contribution in [1.29, 1.82) is 5.26 Å². The number of nitrogens with zero attached hydrogens (tertiary/aromatic N) is 4. The fraction of sp³-hybridized carbons (Fsp3) is 0.364. The SMILES string of the molecule is Cc1cc(C)cc(Oc2ccc(C#N)cc2S(=O)(=O)N2CCN(C(=S)N(C)C)CC2)c1. The Labute approximate surface area is 189 Å². The number of benzene rings is 2. The first-order valence-corrected chi connectivity index (χ1v) is 11.7. The van der Waals surface area contributed by atoms with Crippen LogP contribution in [0.5, 0.6) is 11.5 Å². The van der Waals surface area contributed by atoms with Crippen molar-refractivity contribution in [3.8, 4) is 17.6 Å². The molecule has 9 heteroatoms. The molecule has 164 valence electrons. The van der Waals surface area contributed by atoms with E-state index in [1.807, 2.05) is 62.0 Å². The number of aryl methyl sites for hydroxylation is 2. The average Bonchev–Trinajstić information content (AvgIpc) is 2.72. The van der Waals surface area contributed by atoms with Gasteiger partial charge in [0.05, 0.1) is 11.6 Å². The van der Waals surface area contributed by atoms with E-state index in [1.54, 1.807) is 12.1 Å². The molecule has 0 saturated carbocycles. The second-order valence-electron chi connectivity index (χ2n) is 7.77. The van der Waals surface area contributed by atoms with Gasteiger partial charge in [-0.1, -0.05) is 6.07 Å². The maximum absolute atomic E-state index is 13.5. The number of hydrogen-bond donors (Lipinski definition) is 0. The summed E-state index contributed by atoms with van der Waals surface area (Å²) in [5.41, 5.74) is 2.29. The van der Waals surface area contributed by atoms with Gasteiger partial charge in [0.25, 0.3) is 0 Å². The number of nitriles is 1. The summed E-state index contributed by atoms with van der Waals surface area (Å²) >= 11 is 5.40. The molecule has 1 fully saturated rings. The first-order chi connectivity index (χ1) is 14.6. The highest BCUT2D eigenvalue weighted by Gasteiger charge is 2.32. The summed E-state index contributed by atoms with van der Waals surface area (Å²) in [5.74, 6) is 0.759. The van der Waals surface area contributed by atoms with Gasteiger partial charge in [0.2, 0.25) is 10.0 Å². The monoisotopic (exact) mass is 458 g/mol.